The number of hydrogen-bond donors (Lipinski definition) is 2. The quantitative estimate of drug-likeness (QED) is 0.504. The molecule has 28 heavy (non-hydrogen) atoms. The van der Waals surface area contributed by atoms with E-state index in [1.807, 2.05) is 38.1 Å². The van der Waals surface area contributed by atoms with Crippen LogP contribution in [0.2, 0.25) is 0 Å². The Bertz CT molecular complexity index is 889. The summed E-state index contributed by atoms with van der Waals surface area (Å²) >= 11 is 0. The molecule has 2 N–H and O–H groups in total. The van der Waals surface area contributed by atoms with Gasteiger partial charge in [0.2, 0.25) is 0 Å². The van der Waals surface area contributed by atoms with Crippen LogP contribution in [0.1, 0.15) is 61.9 Å². The zero-order chi connectivity index (χ0) is 20.7. The number of nitrogens with one attached hydrogen (secondary N) is 2. The highest BCUT2D eigenvalue weighted by Crippen LogP contribution is 2.27. The Morgan fingerprint density at radius 1 is 1.14 bits per heavy atom. The molecule has 0 saturated heterocycles. The molecule has 0 spiro atoms. The first-order valence-electron chi connectivity index (χ1n) is 9.73. The van der Waals surface area contributed by atoms with E-state index < -0.39 is 5.91 Å². The van der Waals surface area contributed by atoms with Gasteiger partial charge in [-0.05, 0) is 48.4 Å². The van der Waals surface area contributed by atoms with Crippen molar-refractivity contribution in [3.05, 3.63) is 76.5 Å². The molecule has 0 aliphatic heterocycles. The zero-order valence-electron chi connectivity index (χ0n) is 17.3. The third-order valence-corrected chi connectivity index (χ3v) is 4.90. The van der Waals surface area contributed by atoms with E-state index in [0.29, 0.717) is 0 Å². The maximum atomic E-state index is 12.7. The van der Waals surface area contributed by atoms with Crippen LogP contribution in [0, 0.1) is 18.3 Å². The average Bonchev–Trinajstić information content (AvgIpc) is 2.69. The first-order valence-corrected chi connectivity index (χ1v) is 9.73. The van der Waals surface area contributed by atoms with Gasteiger partial charge >= 0.3 is 0 Å². The highest BCUT2D eigenvalue weighted by molar-refractivity contribution is 6.07. The maximum absolute atomic E-state index is 12.7. The fourth-order valence-electron chi connectivity index (χ4n) is 3.02. The van der Waals surface area contributed by atoms with Gasteiger partial charge in [0.25, 0.3) is 5.91 Å². The second-order valence-corrected chi connectivity index (χ2v) is 7.30. The molecule has 0 aliphatic rings. The van der Waals surface area contributed by atoms with Crippen molar-refractivity contribution in [2.75, 3.05) is 5.32 Å². The van der Waals surface area contributed by atoms with Crippen LogP contribution in [-0.4, -0.2) is 5.91 Å². The van der Waals surface area contributed by atoms with Crippen molar-refractivity contribution in [2.45, 2.75) is 53.0 Å². The number of rotatable bonds is 7. The monoisotopic (exact) mass is 375 g/mol. The standard InChI is InChI=1S/C24H29N3O/c1-6-19-10-12-20(13-11-19)18(5)26-15-21(14-25)24(28)27-23-17(4)8-7-9-22(23)16(2)3/h7-13,15-16,18,26H,6H2,1-5H3,(H,27,28)/b21-15-. The Labute approximate surface area is 168 Å². The summed E-state index contributed by atoms with van der Waals surface area (Å²) in [4.78, 5) is 12.7. The number of nitriles is 1. The Kier molecular flexibility index (Phi) is 7.40. The van der Waals surface area contributed by atoms with Crippen molar-refractivity contribution in [2.24, 2.45) is 0 Å². The van der Waals surface area contributed by atoms with E-state index in [9.17, 15) is 10.1 Å². The van der Waals surface area contributed by atoms with Gasteiger partial charge in [0.1, 0.15) is 11.6 Å². The van der Waals surface area contributed by atoms with E-state index in [-0.39, 0.29) is 17.5 Å². The molecule has 0 heterocycles. The number of benzene rings is 2. The number of carbonyl (C=O) groups is 1. The minimum absolute atomic E-state index is 0.00765. The SMILES string of the molecule is CCc1ccc(C(C)N/C=C(/C#N)C(=O)Nc2c(C)cccc2C(C)C)cc1. The molecule has 1 amide bonds. The van der Waals surface area contributed by atoms with Crippen LogP contribution >= 0.6 is 0 Å². The third kappa shape index (κ3) is 5.23. The number of carbonyl (C=O) groups excluding carboxylic acids is 1. The average molecular weight is 376 g/mol. The fourth-order valence-corrected chi connectivity index (χ4v) is 3.02. The molecular formula is C24H29N3O. The van der Waals surface area contributed by atoms with Gasteiger partial charge in [-0.25, -0.2) is 0 Å². The summed E-state index contributed by atoms with van der Waals surface area (Å²) in [7, 11) is 0. The largest absolute Gasteiger partial charge is 0.383 e. The zero-order valence-corrected chi connectivity index (χ0v) is 17.3. The van der Waals surface area contributed by atoms with Crippen molar-refractivity contribution < 1.29 is 4.79 Å². The number of anilines is 1. The second kappa shape index (κ2) is 9.75. The molecule has 0 saturated carbocycles. The van der Waals surface area contributed by atoms with E-state index in [1.165, 1.54) is 11.8 Å². The van der Waals surface area contributed by atoms with Gasteiger partial charge in [-0.2, -0.15) is 5.26 Å². The normalized spacial score (nSPS) is 12.4. The third-order valence-electron chi connectivity index (χ3n) is 4.90. The van der Waals surface area contributed by atoms with Crippen LogP contribution in [-0.2, 0) is 11.2 Å². The number of para-hydroxylation sites is 1. The molecule has 2 aromatic rings. The van der Waals surface area contributed by atoms with Crippen LogP contribution in [0.3, 0.4) is 0 Å². The molecule has 1 atom stereocenters. The van der Waals surface area contributed by atoms with E-state index in [1.54, 1.807) is 0 Å². The fraction of sp³-hybridized carbons (Fsp3) is 0.333. The van der Waals surface area contributed by atoms with Crippen LogP contribution in [0.15, 0.2) is 54.2 Å². The summed E-state index contributed by atoms with van der Waals surface area (Å²) in [6, 6.07) is 16.3. The van der Waals surface area contributed by atoms with Crippen molar-refractivity contribution >= 4 is 11.6 Å². The lowest BCUT2D eigenvalue weighted by Gasteiger charge is -2.17. The first kappa shape index (κ1) is 21.2. The van der Waals surface area contributed by atoms with Gasteiger partial charge in [-0.15, -0.1) is 0 Å². The summed E-state index contributed by atoms with van der Waals surface area (Å²) in [5, 5.41) is 15.5. The van der Waals surface area contributed by atoms with E-state index in [4.69, 9.17) is 0 Å². The van der Waals surface area contributed by atoms with Crippen LogP contribution in [0.4, 0.5) is 5.69 Å². The molecule has 1 unspecified atom stereocenters. The molecule has 146 valence electrons. The van der Waals surface area contributed by atoms with Gasteiger partial charge in [-0.3, -0.25) is 4.79 Å². The Morgan fingerprint density at radius 3 is 2.39 bits per heavy atom. The molecule has 4 nitrogen and oxygen atoms in total. The highest BCUT2D eigenvalue weighted by Gasteiger charge is 2.15. The van der Waals surface area contributed by atoms with E-state index >= 15 is 0 Å². The summed E-state index contributed by atoms with van der Waals surface area (Å²) in [6.07, 6.45) is 2.50. The lowest BCUT2D eigenvalue weighted by Crippen LogP contribution is -2.19. The van der Waals surface area contributed by atoms with Crippen molar-refractivity contribution in [1.29, 1.82) is 5.26 Å². The predicted octanol–water partition coefficient (Wildman–Crippen LogP) is 5.38. The lowest BCUT2D eigenvalue weighted by atomic mass is 9.98. The van der Waals surface area contributed by atoms with Gasteiger partial charge in [0.05, 0.1) is 0 Å². The lowest BCUT2D eigenvalue weighted by molar-refractivity contribution is -0.112. The molecule has 4 heteroatoms. The number of nitrogens with zero attached hydrogens (tertiary/aromatic N) is 1. The van der Waals surface area contributed by atoms with Crippen LogP contribution < -0.4 is 10.6 Å². The molecule has 0 aromatic heterocycles. The number of hydrogen-bond acceptors (Lipinski definition) is 3. The summed E-state index contributed by atoms with van der Waals surface area (Å²) < 4.78 is 0. The van der Waals surface area contributed by atoms with Gasteiger partial charge in [0, 0.05) is 17.9 Å². The predicted molar refractivity (Wildman–Crippen MR) is 115 cm³/mol. The number of aryl methyl sites for hydroxylation is 2. The minimum atomic E-state index is -0.403. The van der Waals surface area contributed by atoms with Crippen molar-refractivity contribution in [1.82, 2.24) is 5.32 Å². The summed E-state index contributed by atoms with van der Waals surface area (Å²) in [5.74, 6) is -0.131. The Balaban J connectivity index is 2.14. The number of amides is 1. The molecular weight excluding hydrogens is 346 g/mol. The minimum Gasteiger partial charge on any atom is -0.383 e. The Morgan fingerprint density at radius 2 is 1.82 bits per heavy atom. The molecule has 2 rings (SSSR count). The van der Waals surface area contributed by atoms with Crippen molar-refractivity contribution in [3.63, 3.8) is 0 Å². The first-order chi connectivity index (χ1) is 13.4. The van der Waals surface area contributed by atoms with E-state index in [2.05, 4.69) is 55.7 Å². The van der Waals surface area contributed by atoms with Gasteiger partial charge < -0.3 is 10.6 Å². The highest BCUT2D eigenvalue weighted by atomic mass is 16.1. The maximum Gasteiger partial charge on any atom is 0.267 e. The van der Waals surface area contributed by atoms with Crippen LogP contribution in [0.5, 0.6) is 0 Å². The Hall–Kier alpha value is -3.06. The smallest absolute Gasteiger partial charge is 0.267 e. The summed E-state index contributed by atoms with van der Waals surface area (Å²) in [6.45, 7) is 10.2. The van der Waals surface area contributed by atoms with Crippen molar-refractivity contribution in [3.8, 4) is 6.07 Å². The van der Waals surface area contributed by atoms with Gasteiger partial charge in [-0.1, -0.05) is 63.2 Å². The topological polar surface area (TPSA) is 64.9 Å². The molecule has 0 radical (unpaired) electrons. The summed E-state index contributed by atoms with van der Waals surface area (Å²) in [5.41, 5.74) is 5.26. The molecule has 2 aromatic carbocycles. The van der Waals surface area contributed by atoms with Gasteiger partial charge in [0.15, 0.2) is 0 Å². The molecule has 0 aliphatic carbocycles. The van der Waals surface area contributed by atoms with Crippen LogP contribution in [0.25, 0.3) is 0 Å². The second-order valence-electron chi connectivity index (χ2n) is 7.30. The van der Waals surface area contributed by atoms with E-state index in [0.717, 1.165) is 28.8 Å². The molecule has 0 bridgehead atoms. The molecule has 0 fully saturated rings.